The van der Waals surface area contributed by atoms with Crippen LogP contribution in [0.15, 0.2) is 42.1 Å². The Labute approximate surface area is 146 Å². The number of carbonyl (C=O) groups excluding carboxylic acids is 2. The fourth-order valence-electron chi connectivity index (χ4n) is 2.46. The van der Waals surface area contributed by atoms with E-state index in [1.807, 2.05) is 0 Å². The number of ether oxygens (including phenoxy) is 1. The first kappa shape index (κ1) is 17.5. The first-order valence-corrected chi connectivity index (χ1v) is 7.48. The lowest BCUT2D eigenvalue weighted by Gasteiger charge is -2.16. The number of nitrogens with zero attached hydrogens (tertiary/aromatic N) is 1. The molecule has 0 fully saturated rings. The molecule has 0 saturated heterocycles. The fraction of sp³-hybridized carbons (Fsp3) is 0.111. The largest absolute Gasteiger partial charge is 0.494 e. The van der Waals surface area contributed by atoms with Crippen LogP contribution in [0, 0.1) is 24.4 Å². The lowest BCUT2D eigenvalue weighted by atomic mass is 10.2. The number of anilines is 2. The van der Waals surface area contributed by atoms with Gasteiger partial charge >= 0.3 is 0 Å². The standard InChI is InChI=1S/C18H13F3N2O3/c1-9-13(20)5-10(6-14(9)21)22-15-8-17(24)23(18(15)25)11-3-4-12(19)16(7-11)26-2/h3-8,22H,1-2H3. The highest BCUT2D eigenvalue weighted by Gasteiger charge is 2.33. The van der Waals surface area contributed by atoms with E-state index >= 15 is 0 Å². The van der Waals surface area contributed by atoms with Gasteiger partial charge < -0.3 is 10.1 Å². The third-order valence-corrected chi connectivity index (χ3v) is 3.87. The van der Waals surface area contributed by atoms with E-state index in [2.05, 4.69) is 5.32 Å². The summed E-state index contributed by atoms with van der Waals surface area (Å²) in [4.78, 5) is 25.5. The Kier molecular flexibility index (Phi) is 4.41. The summed E-state index contributed by atoms with van der Waals surface area (Å²) >= 11 is 0. The summed E-state index contributed by atoms with van der Waals surface area (Å²) < 4.78 is 45.6. The van der Waals surface area contributed by atoms with Gasteiger partial charge in [0.2, 0.25) is 0 Å². The minimum atomic E-state index is -0.787. The molecule has 0 aliphatic carbocycles. The number of imide groups is 1. The van der Waals surface area contributed by atoms with Gasteiger partial charge in [0.1, 0.15) is 17.3 Å². The number of benzene rings is 2. The van der Waals surface area contributed by atoms with Gasteiger partial charge in [-0.1, -0.05) is 0 Å². The van der Waals surface area contributed by atoms with E-state index in [4.69, 9.17) is 4.74 Å². The number of rotatable bonds is 4. The number of halogens is 3. The van der Waals surface area contributed by atoms with Crippen molar-refractivity contribution < 1.29 is 27.5 Å². The van der Waals surface area contributed by atoms with E-state index in [1.54, 1.807) is 0 Å². The molecule has 2 aromatic carbocycles. The van der Waals surface area contributed by atoms with E-state index < -0.39 is 29.3 Å². The number of nitrogens with one attached hydrogen (secondary N) is 1. The van der Waals surface area contributed by atoms with Crippen LogP contribution in [-0.2, 0) is 9.59 Å². The number of amides is 2. The lowest BCUT2D eigenvalue weighted by molar-refractivity contribution is -0.120. The summed E-state index contributed by atoms with van der Waals surface area (Å²) in [6, 6.07) is 5.54. The maximum Gasteiger partial charge on any atom is 0.281 e. The zero-order valence-electron chi connectivity index (χ0n) is 13.8. The molecule has 0 spiro atoms. The average Bonchev–Trinajstić information content (AvgIpc) is 2.87. The zero-order valence-corrected chi connectivity index (χ0v) is 13.8. The molecule has 0 atom stereocenters. The van der Waals surface area contributed by atoms with Gasteiger partial charge in [0.25, 0.3) is 11.8 Å². The monoisotopic (exact) mass is 362 g/mol. The first-order valence-electron chi connectivity index (χ1n) is 7.48. The topological polar surface area (TPSA) is 58.6 Å². The minimum absolute atomic E-state index is 0.0171. The predicted molar refractivity (Wildman–Crippen MR) is 88.2 cm³/mol. The predicted octanol–water partition coefficient (Wildman–Crippen LogP) is 3.29. The Bertz CT molecular complexity index is 934. The molecule has 0 saturated carbocycles. The summed E-state index contributed by atoms with van der Waals surface area (Å²) in [5.74, 6) is -3.78. The van der Waals surface area contributed by atoms with Crippen molar-refractivity contribution in [2.24, 2.45) is 0 Å². The van der Waals surface area contributed by atoms with Crippen LogP contribution in [-0.4, -0.2) is 18.9 Å². The van der Waals surface area contributed by atoms with Crippen LogP contribution in [0.1, 0.15) is 5.56 Å². The highest BCUT2D eigenvalue weighted by molar-refractivity contribution is 6.31. The molecule has 0 radical (unpaired) electrons. The van der Waals surface area contributed by atoms with Gasteiger partial charge in [-0.15, -0.1) is 0 Å². The van der Waals surface area contributed by atoms with Crippen LogP contribution in [0.4, 0.5) is 24.5 Å². The average molecular weight is 362 g/mol. The Hall–Kier alpha value is -3.29. The fourth-order valence-corrected chi connectivity index (χ4v) is 2.46. The summed E-state index contributed by atoms with van der Waals surface area (Å²) in [6.07, 6.45) is 0.994. The summed E-state index contributed by atoms with van der Waals surface area (Å²) in [7, 11) is 1.25. The summed E-state index contributed by atoms with van der Waals surface area (Å²) in [6.45, 7) is 1.28. The third-order valence-electron chi connectivity index (χ3n) is 3.87. The number of methoxy groups -OCH3 is 1. The Morgan fingerprint density at radius 3 is 2.27 bits per heavy atom. The third kappa shape index (κ3) is 3.01. The van der Waals surface area contributed by atoms with Crippen molar-refractivity contribution in [2.45, 2.75) is 6.92 Å². The van der Waals surface area contributed by atoms with E-state index in [0.717, 1.165) is 29.2 Å². The van der Waals surface area contributed by atoms with E-state index in [-0.39, 0.29) is 28.4 Å². The van der Waals surface area contributed by atoms with Crippen molar-refractivity contribution in [3.05, 3.63) is 65.1 Å². The molecule has 0 unspecified atom stereocenters. The van der Waals surface area contributed by atoms with E-state index in [1.165, 1.54) is 26.2 Å². The summed E-state index contributed by atoms with van der Waals surface area (Å²) in [5.41, 5.74) is -0.233. The highest BCUT2D eigenvalue weighted by Crippen LogP contribution is 2.29. The van der Waals surface area contributed by atoms with Crippen LogP contribution in [0.5, 0.6) is 5.75 Å². The van der Waals surface area contributed by atoms with Crippen molar-refractivity contribution in [1.82, 2.24) is 0 Å². The molecule has 5 nitrogen and oxygen atoms in total. The van der Waals surface area contributed by atoms with Gasteiger partial charge in [0, 0.05) is 23.4 Å². The van der Waals surface area contributed by atoms with E-state index in [9.17, 15) is 22.8 Å². The molecule has 2 aromatic rings. The zero-order chi connectivity index (χ0) is 19.0. The second-order valence-electron chi connectivity index (χ2n) is 5.55. The molecule has 0 bridgehead atoms. The van der Waals surface area contributed by atoms with Gasteiger partial charge in [-0.05, 0) is 31.2 Å². The van der Waals surface area contributed by atoms with Crippen LogP contribution in [0.2, 0.25) is 0 Å². The maximum absolute atomic E-state index is 13.6. The second-order valence-corrected chi connectivity index (χ2v) is 5.55. The molecule has 3 rings (SSSR count). The second kappa shape index (κ2) is 6.55. The molecule has 8 heteroatoms. The molecular formula is C18H13F3N2O3. The van der Waals surface area contributed by atoms with Gasteiger partial charge in [0.05, 0.1) is 12.8 Å². The molecule has 26 heavy (non-hydrogen) atoms. The normalized spacial score (nSPS) is 13.9. The Morgan fingerprint density at radius 1 is 1.00 bits per heavy atom. The van der Waals surface area contributed by atoms with Crippen molar-refractivity contribution in [1.29, 1.82) is 0 Å². The van der Waals surface area contributed by atoms with Gasteiger partial charge in [-0.2, -0.15) is 0 Å². The molecular weight excluding hydrogens is 349 g/mol. The molecule has 1 aliphatic heterocycles. The van der Waals surface area contributed by atoms with Crippen molar-refractivity contribution in [2.75, 3.05) is 17.3 Å². The molecule has 0 aromatic heterocycles. The smallest absolute Gasteiger partial charge is 0.281 e. The lowest BCUT2D eigenvalue weighted by Crippen LogP contribution is -2.32. The molecule has 1 heterocycles. The first-order chi connectivity index (χ1) is 12.3. The van der Waals surface area contributed by atoms with E-state index in [0.29, 0.717) is 0 Å². The maximum atomic E-state index is 13.6. The Balaban J connectivity index is 1.88. The van der Waals surface area contributed by atoms with Crippen LogP contribution >= 0.6 is 0 Å². The van der Waals surface area contributed by atoms with Gasteiger partial charge in [-0.25, -0.2) is 18.1 Å². The van der Waals surface area contributed by atoms with Crippen LogP contribution < -0.4 is 15.0 Å². The van der Waals surface area contributed by atoms with Crippen molar-refractivity contribution >= 4 is 23.2 Å². The number of carbonyl (C=O) groups is 2. The van der Waals surface area contributed by atoms with Crippen LogP contribution in [0.25, 0.3) is 0 Å². The quantitative estimate of drug-likeness (QED) is 0.848. The molecule has 2 amide bonds. The van der Waals surface area contributed by atoms with Gasteiger partial charge in [0.15, 0.2) is 11.6 Å². The van der Waals surface area contributed by atoms with Crippen molar-refractivity contribution in [3.8, 4) is 5.75 Å². The number of hydrogen-bond donors (Lipinski definition) is 1. The summed E-state index contributed by atoms with van der Waals surface area (Å²) in [5, 5.41) is 2.53. The number of hydrogen-bond acceptors (Lipinski definition) is 4. The molecule has 134 valence electrons. The SMILES string of the molecule is COc1cc(N2C(=O)C=C(Nc3cc(F)c(C)c(F)c3)C2=O)ccc1F. The molecule has 1 N–H and O–H groups in total. The van der Waals surface area contributed by atoms with Gasteiger partial charge in [-0.3, -0.25) is 9.59 Å². The highest BCUT2D eigenvalue weighted by atomic mass is 19.1. The van der Waals surface area contributed by atoms with Crippen LogP contribution in [0.3, 0.4) is 0 Å². The Morgan fingerprint density at radius 2 is 1.65 bits per heavy atom. The van der Waals surface area contributed by atoms with Crippen molar-refractivity contribution in [3.63, 3.8) is 0 Å². The molecule has 1 aliphatic rings. The minimum Gasteiger partial charge on any atom is -0.494 e.